The molecular formula is C16H16BrNO2. The predicted molar refractivity (Wildman–Crippen MR) is 82.8 cm³/mol. The summed E-state index contributed by atoms with van der Waals surface area (Å²) < 4.78 is -0.496. The molecule has 104 valence electrons. The minimum Gasteiger partial charge on any atom is -0.395 e. The van der Waals surface area contributed by atoms with Crippen molar-refractivity contribution in [2.45, 2.75) is 10.4 Å². The molecule has 2 aromatic carbocycles. The highest BCUT2D eigenvalue weighted by atomic mass is 79.9. The van der Waals surface area contributed by atoms with Crippen LogP contribution in [0.1, 0.15) is 11.6 Å². The zero-order valence-electron chi connectivity index (χ0n) is 10.9. The average molecular weight is 334 g/mol. The summed E-state index contributed by atoms with van der Waals surface area (Å²) in [7, 11) is 0. The second kappa shape index (κ2) is 5.56. The summed E-state index contributed by atoms with van der Waals surface area (Å²) in [6.07, 6.45) is 0. The molecule has 1 aliphatic heterocycles. The molecule has 0 bridgehead atoms. The Labute approximate surface area is 126 Å². The van der Waals surface area contributed by atoms with Crippen LogP contribution in [0.3, 0.4) is 0 Å². The summed E-state index contributed by atoms with van der Waals surface area (Å²) in [6, 6.07) is 20.0. The maximum absolute atomic E-state index is 9.77. The Bertz CT molecular complexity index is 563. The summed E-state index contributed by atoms with van der Waals surface area (Å²) in [5.41, 5.74) is 2.09. The Morgan fingerprint density at radius 2 is 1.70 bits per heavy atom. The molecule has 20 heavy (non-hydrogen) atoms. The summed E-state index contributed by atoms with van der Waals surface area (Å²) in [5.74, 6) is 0. The molecule has 0 unspecified atom stereocenters. The fraction of sp³-hybridized carbons (Fsp3) is 0.250. The molecule has 3 rings (SSSR count). The van der Waals surface area contributed by atoms with Crippen molar-refractivity contribution in [2.75, 3.05) is 18.3 Å². The molecular weight excluding hydrogens is 318 g/mol. The molecule has 0 aromatic heterocycles. The van der Waals surface area contributed by atoms with Crippen molar-refractivity contribution in [3.05, 3.63) is 66.2 Å². The van der Waals surface area contributed by atoms with Gasteiger partial charge in [-0.25, -0.2) is 5.06 Å². The van der Waals surface area contributed by atoms with E-state index in [9.17, 15) is 5.11 Å². The molecule has 0 amide bonds. The van der Waals surface area contributed by atoms with E-state index in [-0.39, 0.29) is 12.6 Å². The maximum Gasteiger partial charge on any atom is 0.101 e. The Balaban J connectivity index is 2.03. The topological polar surface area (TPSA) is 32.7 Å². The van der Waals surface area contributed by atoms with Gasteiger partial charge in [0, 0.05) is 0 Å². The van der Waals surface area contributed by atoms with Gasteiger partial charge in [-0.3, -0.25) is 4.84 Å². The van der Waals surface area contributed by atoms with Crippen LogP contribution in [0.25, 0.3) is 0 Å². The van der Waals surface area contributed by atoms with Gasteiger partial charge in [-0.1, -0.05) is 64.5 Å². The van der Waals surface area contributed by atoms with Crippen molar-refractivity contribution in [1.82, 2.24) is 0 Å². The molecule has 1 saturated heterocycles. The van der Waals surface area contributed by atoms with Crippen molar-refractivity contribution in [1.29, 1.82) is 0 Å². The molecule has 1 N–H and O–H groups in total. The van der Waals surface area contributed by atoms with Crippen LogP contribution in [-0.2, 0) is 4.84 Å². The molecule has 0 spiro atoms. The van der Waals surface area contributed by atoms with Gasteiger partial charge < -0.3 is 5.11 Å². The van der Waals surface area contributed by atoms with Gasteiger partial charge in [0.2, 0.25) is 0 Å². The van der Waals surface area contributed by atoms with Gasteiger partial charge in [0.25, 0.3) is 0 Å². The standard InChI is InChI=1S/C16H16BrNO2/c17-16(11-19)12-20-18(14-9-5-2-6-10-14)15(16)13-7-3-1-4-8-13/h1-10,15,19H,11-12H2/t15-,16-/m1/s1. The van der Waals surface area contributed by atoms with Crippen LogP contribution in [0.4, 0.5) is 5.69 Å². The van der Waals surface area contributed by atoms with E-state index >= 15 is 0 Å². The number of alkyl halides is 1. The highest BCUT2D eigenvalue weighted by Crippen LogP contribution is 2.45. The third-order valence-corrected chi connectivity index (χ3v) is 4.47. The Hall–Kier alpha value is -1.36. The molecule has 0 radical (unpaired) electrons. The first-order valence-electron chi connectivity index (χ1n) is 6.56. The number of hydroxylamine groups is 1. The smallest absolute Gasteiger partial charge is 0.101 e. The van der Waals surface area contributed by atoms with Gasteiger partial charge in [-0.2, -0.15) is 0 Å². The van der Waals surface area contributed by atoms with Crippen molar-refractivity contribution < 1.29 is 9.94 Å². The third-order valence-electron chi connectivity index (χ3n) is 3.56. The summed E-state index contributed by atoms with van der Waals surface area (Å²) in [4.78, 5) is 5.84. The van der Waals surface area contributed by atoms with Crippen LogP contribution < -0.4 is 5.06 Å². The minimum absolute atomic E-state index is 0.00982. The molecule has 0 saturated carbocycles. The van der Waals surface area contributed by atoms with Gasteiger partial charge in [-0.05, 0) is 17.7 Å². The van der Waals surface area contributed by atoms with Crippen LogP contribution in [0.15, 0.2) is 60.7 Å². The maximum atomic E-state index is 9.77. The summed E-state index contributed by atoms with van der Waals surface area (Å²) >= 11 is 3.67. The number of hydrogen-bond donors (Lipinski definition) is 1. The van der Waals surface area contributed by atoms with Crippen LogP contribution in [-0.4, -0.2) is 22.6 Å². The second-order valence-corrected chi connectivity index (χ2v) is 6.52. The first-order chi connectivity index (χ1) is 9.74. The van der Waals surface area contributed by atoms with E-state index in [4.69, 9.17) is 4.84 Å². The largest absolute Gasteiger partial charge is 0.395 e. The normalized spacial score (nSPS) is 25.9. The number of benzene rings is 2. The first-order valence-corrected chi connectivity index (χ1v) is 7.36. The van der Waals surface area contributed by atoms with E-state index in [1.807, 2.05) is 53.6 Å². The van der Waals surface area contributed by atoms with Crippen molar-refractivity contribution >= 4 is 21.6 Å². The Morgan fingerprint density at radius 1 is 1.10 bits per heavy atom. The van der Waals surface area contributed by atoms with E-state index in [1.54, 1.807) is 0 Å². The molecule has 4 heteroatoms. The zero-order valence-corrected chi connectivity index (χ0v) is 12.5. The molecule has 3 nitrogen and oxygen atoms in total. The van der Waals surface area contributed by atoms with Crippen LogP contribution in [0, 0.1) is 0 Å². The summed E-state index contributed by atoms with van der Waals surface area (Å²) in [6.45, 7) is 0.438. The van der Waals surface area contributed by atoms with Crippen molar-refractivity contribution in [3.63, 3.8) is 0 Å². The third kappa shape index (κ3) is 2.35. The van der Waals surface area contributed by atoms with Crippen LogP contribution in [0.5, 0.6) is 0 Å². The van der Waals surface area contributed by atoms with E-state index in [2.05, 4.69) is 28.1 Å². The number of anilines is 1. The van der Waals surface area contributed by atoms with E-state index in [0.29, 0.717) is 6.61 Å². The number of hydrogen-bond acceptors (Lipinski definition) is 3. The average Bonchev–Trinajstić information content (AvgIpc) is 2.87. The molecule has 0 aliphatic carbocycles. The highest BCUT2D eigenvalue weighted by molar-refractivity contribution is 9.10. The Kier molecular flexibility index (Phi) is 3.78. The van der Waals surface area contributed by atoms with Gasteiger partial charge in [0.05, 0.1) is 18.9 Å². The van der Waals surface area contributed by atoms with Gasteiger partial charge in [0.1, 0.15) is 10.4 Å². The zero-order chi connectivity index (χ0) is 14.0. The number of aliphatic hydroxyl groups excluding tert-OH is 1. The predicted octanol–water partition coefficient (Wildman–Crippen LogP) is 3.31. The van der Waals surface area contributed by atoms with Gasteiger partial charge in [-0.15, -0.1) is 0 Å². The lowest BCUT2D eigenvalue weighted by Crippen LogP contribution is -2.36. The van der Waals surface area contributed by atoms with Crippen molar-refractivity contribution in [2.24, 2.45) is 0 Å². The molecule has 2 aromatic rings. The first kappa shape index (κ1) is 13.6. The van der Waals surface area contributed by atoms with E-state index < -0.39 is 4.32 Å². The number of rotatable bonds is 3. The number of nitrogens with zero attached hydrogens (tertiary/aromatic N) is 1. The summed E-state index contributed by atoms with van der Waals surface area (Å²) in [5, 5.41) is 11.6. The number of halogens is 1. The Morgan fingerprint density at radius 3 is 2.30 bits per heavy atom. The van der Waals surface area contributed by atoms with E-state index in [0.717, 1.165) is 11.3 Å². The fourth-order valence-corrected chi connectivity index (χ4v) is 3.09. The quantitative estimate of drug-likeness (QED) is 0.875. The minimum atomic E-state index is -0.496. The highest BCUT2D eigenvalue weighted by Gasteiger charge is 2.48. The van der Waals surface area contributed by atoms with Crippen molar-refractivity contribution in [3.8, 4) is 0 Å². The number of para-hydroxylation sites is 1. The van der Waals surface area contributed by atoms with Gasteiger partial charge >= 0.3 is 0 Å². The molecule has 1 aliphatic rings. The fourth-order valence-electron chi connectivity index (χ4n) is 2.54. The molecule has 1 fully saturated rings. The second-order valence-electron chi connectivity index (χ2n) is 4.94. The van der Waals surface area contributed by atoms with E-state index in [1.165, 1.54) is 0 Å². The van der Waals surface area contributed by atoms with Crippen LogP contribution in [0.2, 0.25) is 0 Å². The molecule has 2 atom stereocenters. The monoisotopic (exact) mass is 333 g/mol. The lowest BCUT2D eigenvalue weighted by atomic mass is 9.94. The molecule has 1 heterocycles. The lowest BCUT2D eigenvalue weighted by Gasteiger charge is -2.31. The SMILES string of the molecule is OC[C@@]1(Br)CON(c2ccccc2)[C@@H]1c1ccccc1. The number of aliphatic hydroxyl groups is 1. The van der Waals surface area contributed by atoms with Crippen LogP contribution >= 0.6 is 15.9 Å². The lowest BCUT2D eigenvalue weighted by molar-refractivity contribution is 0.148. The van der Waals surface area contributed by atoms with Gasteiger partial charge in [0.15, 0.2) is 0 Å².